The highest BCUT2D eigenvalue weighted by molar-refractivity contribution is 6.01. The van der Waals surface area contributed by atoms with Crippen molar-refractivity contribution in [2.24, 2.45) is 11.5 Å². The van der Waals surface area contributed by atoms with Crippen molar-refractivity contribution >= 4 is 23.4 Å². The second-order valence-electron chi connectivity index (χ2n) is 4.53. The smallest absolute Gasteiger partial charge is 0.323 e. The molecule has 0 fully saturated rings. The number of amides is 4. The van der Waals surface area contributed by atoms with Crippen LogP contribution in [0.5, 0.6) is 11.5 Å². The number of benzene rings is 2. The SMILES string of the molecule is COc1ccccc1NC(=O)Nc1ccc(C#N)cc1O.NC(N)=O. The lowest BCUT2D eigenvalue weighted by Crippen LogP contribution is -2.19. The van der Waals surface area contributed by atoms with Crippen LogP contribution < -0.4 is 26.8 Å². The Labute approximate surface area is 143 Å². The van der Waals surface area contributed by atoms with Crippen LogP contribution in [0, 0.1) is 11.3 Å². The number of primary amides is 2. The number of hydrogen-bond donors (Lipinski definition) is 5. The van der Waals surface area contributed by atoms with E-state index in [0.717, 1.165) is 0 Å². The third kappa shape index (κ3) is 6.37. The number of carbonyl (C=O) groups is 2. The van der Waals surface area contributed by atoms with E-state index < -0.39 is 12.1 Å². The minimum absolute atomic E-state index is 0.177. The Morgan fingerprint density at radius 3 is 2.28 bits per heavy atom. The summed E-state index contributed by atoms with van der Waals surface area (Å²) in [6.45, 7) is 0. The number of nitrogens with one attached hydrogen (secondary N) is 2. The molecule has 9 heteroatoms. The van der Waals surface area contributed by atoms with Gasteiger partial charge in [-0.15, -0.1) is 0 Å². The highest BCUT2D eigenvalue weighted by Crippen LogP contribution is 2.26. The van der Waals surface area contributed by atoms with Crippen molar-refractivity contribution in [3.63, 3.8) is 0 Å². The molecular formula is C16H17N5O4. The zero-order valence-electron chi connectivity index (χ0n) is 13.3. The van der Waals surface area contributed by atoms with Crippen LogP contribution in [0.2, 0.25) is 0 Å². The lowest BCUT2D eigenvalue weighted by atomic mass is 10.2. The minimum atomic E-state index is -0.833. The molecule has 0 aliphatic heterocycles. The van der Waals surface area contributed by atoms with Gasteiger partial charge in [0.1, 0.15) is 11.5 Å². The predicted octanol–water partition coefficient (Wildman–Crippen LogP) is 1.94. The molecule has 9 nitrogen and oxygen atoms in total. The van der Waals surface area contributed by atoms with E-state index in [-0.39, 0.29) is 11.4 Å². The van der Waals surface area contributed by atoms with E-state index >= 15 is 0 Å². The summed E-state index contributed by atoms with van der Waals surface area (Å²) in [5.74, 6) is 0.348. The van der Waals surface area contributed by atoms with Gasteiger partial charge < -0.3 is 31.9 Å². The van der Waals surface area contributed by atoms with Gasteiger partial charge in [0.25, 0.3) is 0 Å². The first-order chi connectivity index (χ1) is 11.9. The molecular weight excluding hydrogens is 326 g/mol. The molecule has 0 heterocycles. The summed E-state index contributed by atoms with van der Waals surface area (Å²) < 4.78 is 5.12. The fourth-order valence-corrected chi connectivity index (χ4v) is 1.73. The Bertz CT molecular complexity index is 797. The first kappa shape index (κ1) is 19.1. The molecule has 2 aromatic rings. The largest absolute Gasteiger partial charge is 0.506 e. The normalized spacial score (nSPS) is 8.96. The van der Waals surface area contributed by atoms with Gasteiger partial charge in [0.15, 0.2) is 0 Å². The van der Waals surface area contributed by atoms with Crippen LogP contribution >= 0.6 is 0 Å². The lowest BCUT2D eigenvalue weighted by Gasteiger charge is -2.11. The topological polar surface area (TPSA) is 163 Å². The number of methoxy groups -OCH3 is 1. The molecule has 0 unspecified atom stereocenters. The maximum absolute atomic E-state index is 11.9. The summed E-state index contributed by atoms with van der Waals surface area (Å²) in [4.78, 5) is 20.9. The van der Waals surface area contributed by atoms with Crippen molar-refractivity contribution < 1.29 is 19.4 Å². The maximum Gasteiger partial charge on any atom is 0.323 e. The summed E-state index contributed by atoms with van der Waals surface area (Å²) >= 11 is 0. The molecule has 0 saturated heterocycles. The number of nitrogens with two attached hydrogens (primary N) is 2. The number of nitriles is 1. The average Bonchev–Trinajstić information content (AvgIpc) is 2.56. The van der Waals surface area contributed by atoms with Gasteiger partial charge in [0.05, 0.1) is 30.1 Å². The van der Waals surface area contributed by atoms with E-state index in [4.69, 9.17) is 14.8 Å². The van der Waals surface area contributed by atoms with Crippen molar-refractivity contribution in [1.82, 2.24) is 0 Å². The van der Waals surface area contributed by atoms with Gasteiger partial charge in [-0.3, -0.25) is 0 Å². The Hall–Kier alpha value is -3.93. The number of anilines is 2. The summed E-state index contributed by atoms with van der Waals surface area (Å²) in [6.07, 6.45) is 0. The number of urea groups is 2. The molecule has 0 spiro atoms. The molecule has 7 N–H and O–H groups in total. The Morgan fingerprint density at radius 2 is 1.72 bits per heavy atom. The highest BCUT2D eigenvalue weighted by Gasteiger charge is 2.09. The summed E-state index contributed by atoms with van der Waals surface area (Å²) in [6, 6.07) is 11.7. The van der Waals surface area contributed by atoms with Crippen molar-refractivity contribution in [1.29, 1.82) is 5.26 Å². The third-order valence-corrected chi connectivity index (χ3v) is 2.73. The molecule has 130 valence electrons. The molecule has 0 radical (unpaired) electrons. The summed E-state index contributed by atoms with van der Waals surface area (Å²) in [5.41, 5.74) is 9.52. The van der Waals surface area contributed by atoms with Crippen LogP contribution in [-0.4, -0.2) is 24.3 Å². The molecule has 0 saturated carbocycles. The van der Waals surface area contributed by atoms with E-state index in [2.05, 4.69) is 22.1 Å². The molecule has 0 aliphatic carbocycles. The molecule has 2 aromatic carbocycles. The van der Waals surface area contributed by atoms with Gasteiger partial charge >= 0.3 is 12.1 Å². The highest BCUT2D eigenvalue weighted by atomic mass is 16.5. The van der Waals surface area contributed by atoms with Crippen molar-refractivity contribution in [2.75, 3.05) is 17.7 Å². The molecule has 4 amide bonds. The zero-order valence-corrected chi connectivity index (χ0v) is 13.3. The van der Waals surface area contributed by atoms with Gasteiger partial charge in [-0.2, -0.15) is 5.26 Å². The first-order valence-electron chi connectivity index (χ1n) is 6.86. The molecule has 0 aliphatic rings. The molecule has 2 rings (SSSR count). The van der Waals surface area contributed by atoms with E-state index in [0.29, 0.717) is 17.0 Å². The Morgan fingerprint density at radius 1 is 1.12 bits per heavy atom. The molecule has 0 aromatic heterocycles. The second kappa shape index (κ2) is 9.26. The van der Waals surface area contributed by atoms with Gasteiger partial charge in [0.2, 0.25) is 0 Å². The third-order valence-electron chi connectivity index (χ3n) is 2.73. The van der Waals surface area contributed by atoms with Gasteiger partial charge in [-0.05, 0) is 30.3 Å². The van der Waals surface area contributed by atoms with Gasteiger partial charge in [-0.25, -0.2) is 9.59 Å². The van der Waals surface area contributed by atoms with Crippen LogP contribution in [0.1, 0.15) is 5.56 Å². The number of para-hydroxylation sites is 2. The number of nitrogens with zero attached hydrogens (tertiary/aromatic N) is 1. The standard InChI is InChI=1S/C15H13N3O3.CH4N2O/c1-21-14-5-3-2-4-12(14)18-15(20)17-11-7-6-10(9-16)8-13(11)19;2-1(3)4/h2-8,19H,1H3,(H2,17,18,20);(H4,2,3,4). The van der Waals surface area contributed by atoms with Crippen molar-refractivity contribution in [2.45, 2.75) is 0 Å². The van der Waals surface area contributed by atoms with E-state index in [9.17, 15) is 9.90 Å². The number of aromatic hydroxyl groups is 1. The molecule has 0 bridgehead atoms. The summed E-state index contributed by atoms with van der Waals surface area (Å²) in [7, 11) is 1.50. The summed E-state index contributed by atoms with van der Waals surface area (Å²) in [5, 5.41) is 23.5. The number of rotatable bonds is 3. The van der Waals surface area contributed by atoms with Crippen LogP contribution in [0.25, 0.3) is 0 Å². The molecule has 0 atom stereocenters. The van der Waals surface area contributed by atoms with E-state index in [1.165, 1.54) is 25.3 Å². The molecule has 25 heavy (non-hydrogen) atoms. The number of phenolic OH excluding ortho intramolecular Hbond substituents is 1. The van der Waals surface area contributed by atoms with E-state index in [1.807, 2.05) is 6.07 Å². The number of phenols is 1. The van der Waals surface area contributed by atoms with Crippen LogP contribution in [0.3, 0.4) is 0 Å². The Kier molecular flexibility index (Phi) is 7.08. The van der Waals surface area contributed by atoms with Gasteiger partial charge in [-0.1, -0.05) is 12.1 Å². The number of carbonyl (C=O) groups excluding carboxylic acids is 2. The van der Waals surface area contributed by atoms with Crippen LogP contribution in [0.4, 0.5) is 21.0 Å². The average molecular weight is 343 g/mol. The minimum Gasteiger partial charge on any atom is -0.506 e. The fourth-order valence-electron chi connectivity index (χ4n) is 1.73. The maximum atomic E-state index is 11.9. The van der Waals surface area contributed by atoms with Crippen LogP contribution in [0.15, 0.2) is 42.5 Å². The fraction of sp³-hybridized carbons (Fsp3) is 0.0625. The quantitative estimate of drug-likeness (QED) is 0.537. The van der Waals surface area contributed by atoms with E-state index in [1.54, 1.807) is 24.3 Å². The first-order valence-corrected chi connectivity index (χ1v) is 6.86. The lowest BCUT2D eigenvalue weighted by molar-refractivity contribution is 0.256. The monoisotopic (exact) mass is 343 g/mol. The predicted molar refractivity (Wildman–Crippen MR) is 92.2 cm³/mol. The zero-order chi connectivity index (χ0) is 18.8. The van der Waals surface area contributed by atoms with Crippen LogP contribution in [-0.2, 0) is 0 Å². The number of hydrogen-bond acceptors (Lipinski definition) is 5. The van der Waals surface area contributed by atoms with Gasteiger partial charge in [0, 0.05) is 0 Å². The van der Waals surface area contributed by atoms with Crippen molar-refractivity contribution in [3.05, 3.63) is 48.0 Å². The van der Waals surface area contributed by atoms with Crippen molar-refractivity contribution in [3.8, 4) is 17.6 Å². The number of ether oxygens (including phenoxy) is 1. The Balaban J connectivity index is 0.000000705. The second-order valence-corrected chi connectivity index (χ2v) is 4.53.